The van der Waals surface area contributed by atoms with Crippen LogP contribution in [0.5, 0.6) is 0 Å². The molecule has 0 bridgehead atoms. The Morgan fingerprint density at radius 2 is 1.86 bits per heavy atom. The number of piperidine rings is 1. The molecule has 2 aliphatic rings. The van der Waals surface area contributed by atoms with Crippen LogP contribution in [0, 0.1) is 17.8 Å². The van der Waals surface area contributed by atoms with Gasteiger partial charge in [0.05, 0.1) is 25.7 Å². The molecular weight excluding hydrogens is 170 g/mol. The standard InChI is InChI=1S/C13H26N/c1-9(2)12-8-10(3)13-6-7-14(13,5)11(12)4/h9-13H,6-8H2,1-5H3/q+1. The topological polar surface area (TPSA) is 0 Å². The van der Waals surface area contributed by atoms with E-state index in [1.54, 1.807) is 0 Å². The molecule has 1 heteroatoms. The second-order valence-corrected chi connectivity index (χ2v) is 6.29. The van der Waals surface area contributed by atoms with E-state index in [2.05, 4.69) is 34.7 Å². The first-order chi connectivity index (χ1) is 6.47. The maximum atomic E-state index is 2.49. The first kappa shape index (κ1) is 10.5. The van der Waals surface area contributed by atoms with Crippen molar-refractivity contribution < 1.29 is 4.48 Å². The largest absolute Gasteiger partial charge is 0.321 e. The number of quaternary nitrogens is 1. The van der Waals surface area contributed by atoms with Gasteiger partial charge in [-0.1, -0.05) is 20.8 Å². The van der Waals surface area contributed by atoms with Crippen LogP contribution < -0.4 is 0 Å². The molecule has 2 rings (SSSR count). The van der Waals surface area contributed by atoms with E-state index in [9.17, 15) is 0 Å². The van der Waals surface area contributed by atoms with Crippen LogP contribution in [0.2, 0.25) is 0 Å². The molecular formula is C13H26N+. The van der Waals surface area contributed by atoms with Gasteiger partial charge in [0.25, 0.3) is 0 Å². The van der Waals surface area contributed by atoms with Crippen molar-refractivity contribution in [1.82, 2.24) is 0 Å². The molecule has 0 aromatic heterocycles. The average Bonchev–Trinajstić information content (AvgIpc) is 2.07. The van der Waals surface area contributed by atoms with Crippen molar-refractivity contribution in [3.05, 3.63) is 0 Å². The lowest BCUT2D eigenvalue weighted by Crippen LogP contribution is -2.73. The lowest BCUT2D eigenvalue weighted by molar-refractivity contribution is -1.00. The van der Waals surface area contributed by atoms with Gasteiger partial charge in [-0.15, -0.1) is 0 Å². The third kappa shape index (κ3) is 1.25. The summed E-state index contributed by atoms with van der Waals surface area (Å²) in [5, 5.41) is 0. The summed E-state index contributed by atoms with van der Waals surface area (Å²) in [7, 11) is 2.49. The van der Waals surface area contributed by atoms with E-state index in [4.69, 9.17) is 0 Å². The molecule has 2 fully saturated rings. The molecule has 82 valence electrons. The third-order valence-electron chi connectivity index (χ3n) is 5.37. The second kappa shape index (κ2) is 3.23. The van der Waals surface area contributed by atoms with Crippen LogP contribution in [0.15, 0.2) is 0 Å². The number of hydrogen-bond donors (Lipinski definition) is 0. The molecule has 0 spiro atoms. The predicted molar refractivity (Wildman–Crippen MR) is 61.0 cm³/mol. The minimum atomic E-state index is 0.865. The van der Waals surface area contributed by atoms with Gasteiger partial charge in [0.2, 0.25) is 0 Å². The smallest absolute Gasteiger partial charge is 0.0970 e. The van der Waals surface area contributed by atoms with Crippen molar-refractivity contribution in [1.29, 1.82) is 0 Å². The van der Waals surface area contributed by atoms with Gasteiger partial charge in [0, 0.05) is 18.3 Å². The molecule has 0 radical (unpaired) electrons. The SMILES string of the molecule is CC(C)C1CC(C)C2CC[N+]2(C)C1C. The number of rotatable bonds is 1. The Morgan fingerprint density at radius 3 is 2.29 bits per heavy atom. The summed E-state index contributed by atoms with van der Waals surface area (Å²) in [5.41, 5.74) is 0. The molecule has 0 N–H and O–H groups in total. The average molecular weight is 196 g/mol. The van der Waals surface area contributed by atoms with Gasteiger partial charge in [-0.05, 0) is 19.3 Å². The molecule has 0 aromatic rings. The summed E-state index contributed by atoms with van der Waals surface area (Å²) in [6.07, 6.45) is 2.95. The number of hydrogen-bond acceptors (Lipinski definition) is 0. The fourth-order valence-electron chi connectivity index (χ4n) is 4.11. The highest BCUT2D eigenvalue weighted by molar-refractivity contribution is 4.88. The third-order valence-corrected chi connectivity index (χ3v) is 5.37. The Kier molecular flexibility index (Phi) is 2.42. The molecule has 2 aliphatic heterocycles. The van der Waals surface area contributed by atoms with Gasteiger partial charge in [-0.25, -0.2) is 0 Å². The highest BCUT2D eigenvalue weighted by Gasteiger charge is 2.55. The maximum absolute atomic E-state index is 2.49. The molecule has 0 saturated carbocycles. The Bertz CT molecular complexity index is 223. The molecule has 14 heavy (non-hydrogen) atoms. The molecule has 2 heterocycles. The van der Waals surface area contributed by atoms with Crippen LogP contribution in [0.3, 0.4) is 0 Å². The monoisotopic (exact) mass is 196 g/mol. The molecule has 5 atom stereocenters. The van der Waals surface area contributed by atoms with Gasteiger partial charge in [-0.2, -0.15) is 0 Å². The second-order valence-electron chi connectivity index (χ2n) is 6.29. The summed E-state index contributed by atoms with van der Waals surface area (Å²) in [5.74, 6) is 2.77. The van der Waals surface area contributed by atoms with Crippen LogP contribution in [0.25, 0.3) is 0 Å². The zero-order valence-electron chi connectivity index (χ0n) is 10.5. The van der Waals surface area contributed by atoms with Gasteiger partial charge in [0.15, 0.2) is 0 Å². The predicted octanol–water partition coefficient (Wildman–Crippen LogP) is 2.91. The summed E-state index contributed by atoms with van der Waals surface area (Å²) in [6, 6.07) is 1.88. The summed E-state index contributed by atoms with van der Waals surface area (Å²) >= 11 is 0. The highest BCUT2D eigenvalue weighted by Crippen LogP contribution is 2.46. The molecule has 5 unspecified atom stereocenters. The van der Waals surface area contributed by atoms with E-state index in [-0.39, 0.29) is 0 Å². The van der Waals surface area contributed by atoms with E-state index >= 15 is 0 Å². The lowest BCUT2D eigenvalue weighted by atomic mass is 9.69. The minimum absolute atomic E-state index is 0.865. The van der Waals surface area contributed by atoms with Crippen molar-refractivity contribution in [3.8, 4) is 0 Å². The zero-order valence-corrected chi connectivity index (χ0v) is 10.5. The van der Waals surface area contributed by atoms with Crippen LogP contribution in [0.1, 0.15) is 40.5 Å². The van der Waals surface area contributed by atoms with Gasteiger partial charge < -0.3 is 4.48 Å². The molecule has 0 amide bonds. The maximum Gasteiger partial charge on any atom is 0.0970 e. The zero-order chi connectivity index (χ0) is 10.5. The van der Waals surface area contributed by atoms with Crippen LogP contribution in [-0.4, -0.2) is 30.2 Å². The van der Waals surface area contributed by atoms with E-state index in [1.807, 2.05) is 0 Å². The van der Waals surface area contributed by atoms with E-state index < -0.39 is 0 Å². The molecule has 1 nitrogen and oxygen atoms in total. The first-order valence-electron chi connectivity index (χ1n) is 6.31. The Hall–Kier alpha value is -0.0400. The summed E-state index contributed by atoms with van der Waals surface area (Å²) < 4.78 is 1.38. The van der Waals surface area contributed by atoms with Crippen molar-refractivity contribution in [2.45, 2.75) is 52.6 Å². The Labute approximate surface area is 89.1 Å². The van der Waals surface area contributed by atoms with E-state index in [0.717, 1.165) is 29.8 Å². The quantitative estimate of drug-likeness (QED) is 0.566. The normalized spacial score (nSPS) is 52.7. The van der Waals surface area contributed by atoms with Gasteiger partial charge in [-0.3, -0.25) is 0 Å². The Morgan fingerprint density at radius 1 is 1.21 bits per heavy atom. The van der Waals surface area contributed by atoms with E-state index in [1.165, 1.54) is 23.9 Å². The van der Waals surface area contributed by atoms with Crippen LogP contribution in [-0.2, 0) is 0 Å². The van der Waals surface area contributed by atoms with Gasteiger partial charge >= 0.3 is 0 Å². The molecule has 2 saturated heterocycles. The van der Waals surface area contributed by atoms with Crippen molar-refractivity contribution >= 4 is 0 Å². The Balaban J connectivity index is 2.18. The minimum Gasteiger partial charge on any atom is -0.321 e. The van der Waals surface area contributed by atoms with Gasteiger partial charge in [0.1, 0.15) is 0 Å². The van der Waals surface area contributed by atoms with Crippen molar-refractivity contribution in [2.75, 3.05) is 13.6 Å². The summed E-state index contributed by atoms with van der Waals surface area (Å²) in [4.78, 5) is 0. The van der Waals surface area contributed by atoms with Crippen LogP contribution >= 0.6 is 0 Å². The van der Waals surface area contributed by atoms with E-state index in [0.29, 0.717) is 0 Å². The number of nitrogens with zero attached hydrogens (tertiary/aromatic N) is 1. The number of fused-ring (bicyclic) bond motifs is 1. The fourth-order valence-corrected chi connectivity index (χ4v) is 4.11. The van der Waals surface area contributed by atoms with Crippen molar-refractivity contribution in [3.63, 3.8) is 0 Å². The lowest BCUT2D eigenvalue weighted by Gasteiger charge is -2.61. The molecule has 0 aromatic carbocycles. The fraction of sp³-hybridized carbons (Fsp3) is 1.00. The van der Waals surface area contributed by atoms with Crippen LogP contribution in [0.4, 0.5) is 0 Å². The summed E-state index contributed by atoms with van der Waals surface area (Å²) in [6.45, 7) is 11.2. The first-order valence-corrected chi connectivity index (χ1v) is 6.31. The highest BCUT2D eigenvalue weighted by atomic mass is 15.4. The molecule has 0 aliphatic carbocycles. The van der Waals surface area contributed by atoms with Crippen molar-refractivity contribution in [2.24, 2.45) is 17.8 Å².